The van der Waals surface area contributed by atoms with E-state index in [-0.39, 0.29) is 18.0 Å². The summed E-state index contributed by atoms with van der Waals surface area (Å²) < 4.78 is 5.73. The molecule has 1 saturated heterocycles. The lowest BCUT2D eigenvalue weighted by atomic mass is 10.2. The van der Waals surface area contributed by atoms with Crippen LogP contribution in [0.5, 0.6) is 5.75 Å². The van der Waals surface area contributed by atoms with E-state index in [0.29, 0.717) is 17.4 Å². The Morgan fingerprint density at radius 1 is 1.15 bits per heavy atom. The van der Waals surface area contributed by atoms with E-state index in [4.69, 9.17) is 16.3 Å². The van der Waals surface area contributed by atoms with E-state index in [1.165, 1.54) is 0 Å². The third kappa shape index (κ3) is 7.01. The zero-order valence-electron chi connectivity index (χ0n) is 16.2. The molecule has 1 aromatic rings. The van der Waals surface area contributed by atoms with Gasteiger partial charge in [-0.1, -0.05) is 23.7 Å². The average Bonchev–Trinajstić information content (AvgIpc) is 2.62. The van der Waals surface area contributed by atoms with Crippen LogP contribution in [0.25, 0.3) is 0 Å². The van der Waals surface area contributed by atoms with Crippen LogP contribution in [-0.2, 0) is 4.79 Å². The molecule has 1 heterocycles. The van der Waals surface area contributed by atoms with Crippen LogP contribution in [-0.4, -0.2) is 73.2 Å². The van der Waals surface area contributed by atoms with Gasteiger partial charge in [0, 0.05) is 38.8 Å². The molecule has 2 N–H and O–H groups in total. The molecule has 8 heteroatoms. The van der Waals surface area contributed by atoms with E-state index in [1.807, 2.05) is 45.0 Å². The predicted octanol–water partition coefficient (Wildman–Crippen LogP) is 1.96. The largest absolute Gasteiger partial charge is 0.491 e. The highest BCUT2D eigenvalue weighted by atomic mass is 35.5. The summed E-state index contributed by atoms with van der Waals surface area (Å²) in [7, 11) is 0. The number of nitrogens with one attached hydrogen (secondary N) is 2. The minimum Gasteiger partial charge on any atom is -0.491 e. The van der Waals surface area contributed by atoms with Crippen LogP contribution in [0.2, 0.25) is 5.02 Å². The Kier molecular flexibility index (Phi) is 8.34. The van der Waals surface area contributed by atoms with Gasteiger partial charge in [-0.25, -0.2) is 4.79 Å². The van der Waals surface area contributed by atoms with Gasteiger partial charge >= 0.3 is 6.03 Å². The summed E-state index contributed by atoms with van der Waals surface area (Å²) in [5, 5.41) is 5.67. The van der Waals surface area contributed by atoms with Gasteiger partial charge in [0.25, 0.3) is 0 Å². The van der Waals surface area contributed by atoms with Gasteiger partial charge in [0.05, 0.1) is 11.1 Å². The third-order valence-corrected chi connectivity index (χ3v) is 4.80. The molecule has 1 aliphatic heterocycles. The Morgan fingerprint density at radius 3 is 2.44 bits per heavy atom. The van der Waals surface area contributed by atoms with Crippen molar-refractivity contribution in [2.45, 2.75) is 32.9 Å². The molecule has 0 aromatic heterocycles. The van der Waals surface area contributed by atoms with Crippen LogP contribution < -0.4 is 15.4 Å². The maximum absolute atomic E-state index is 12.2. The zero-order valence-corrected chi connectivity index (χ0v) is 17.0. The lowest BCUT2D eigenvalue weighted by Gasteiger charge is -2.37. The highest BCUT2D eigenvalue weighted by molar-refractivity contribution is 6.32. The standard InChI is InChI=1S/C19H29ClN4O3/c1-14(2)21-19(26)22-18(25)15(3)24-10-8-23(9-11-24)12-13-27-17-7-5-4-6-16(17)20/h4-7,14-15H,8-13H2,1-3H3,(H2,21,22,25,26). The highest BCUT2D eigenvalue weighted by Gasteiger charge is 2.26. The summed E-state index contributed by atoms with van der Waals surface area (Å²) in [4.78, 5) is 28.3. The van der Waals surface area contributed by atoms with Crippen molar-refractivity contribution in [1.29, 1.82) is 0 Å². The number of urea groups is 1. The van der Waals surface area contributed by atoms with Gasteiger partial charge in [0.2, 0.25) is 5.91 Å². The molecule has 150 valence electrons. The van der Waals surface area contributed by atoms with Gasteiger partial charge in [0.15, 0.2) is 0 Å². The number of hydrogen-bond donors (Lipinski definition) is 2. The number of carbonyl (C=O) groups is 2. The van der Waals surface area contributed by atoms with Crippen molar-refractivity contribution in [1.82, 2.24) is 20.4 Å². The molecule has 1 unspecified atom stereocenters. The summed E-state index contributed by atoms with van der Waals surface area (Å²) in [5.41, 5.74) is 0. The average molecular weight is 397 g/mol. The van der Waals surface area contributed by atoms with Gasteiger partial charge in [-0.3, -0.25) is 19.9 Å². The summed E-state index contributed by atoms with van der Waals surface area (Å²) in [6.45, 7) is 10.1. The molecule has 7 nitrogen and oxygen atoms in total. The van der Waals surface area contributed by atoms with Crippen molar-refractivity contribution in [2.75, 3.05) is 39.3 Å². The van der Waals surface area contributed by atoms with E-state index >= 15 is 0 Å². The molecule has 1 aliphatic rings. The number of benzene rings is 1. The number of nitrogens with zero attached hydrogens (tertiary/aromatic N) is 2. The van der Waals surface area contributed by atoms with Crippen LogP contribution in [0.1, 0.15) is 20.8 Å². The van der Waals surface area contributed by atoms with E-state index < -0.39 is 6.03 Å². The SMILES string of the molecule is CC(C)NC(=O)NC(=O)C(C)N1CCN(CCOc2ccccc2Cl)CC1. The van der Waals surface area contributed by atoms with Crippen molar-refractivity contribution in [2.24, 2.45) is 0 Å². The second kappa shape index (κ2) is 10.5. The molecular formula is C19H29ClN4O3. The third-order valence-electron chi connectivity index (χ3n) is 4.49. The number of ether oxygens (including phenoxy) is 1. The number of carbonyl (C=O) groups excluding carboxylic acids is 2. The van der Waals surface area contributed by atoms with E-state index in [1.54, 1.807) is 0 Å². The highest BCUT2D eigenvalue weighted by Crippen LogP contribution is 2.22. The molecule has 1 aromatic carbocycles. The van der Waals surface area contributed by atoms with Crippen molar-refractivity contribution < 1.29 is 14.3 Å². The maximum atomic E-state index is 12.2. The lowest BCUT2D eigenvalue weighted by molar-refractivity contribution is -0.125. The number of amides is 3. The Hall–Kier alpha value is -1.83. The Labute approximate surface area is 166 Å². The summed E-state index contributed by atoms with van der Waals surface area (Å²) in [5.74, 6) is 0.423. The topological polar surface area (TPSA) is 73.9 Å². The Bertz CT molecular complexity index is 633. The molecular weight excluding hydrogens is 368 g/mol. The van der Waals surface area contributed by atoms with Crippen LogP contribution in [0.15, 0.2) is 24.3 Å². The van der Waals surface area contributed by atoms with Gasteiger partial charge in [-0.05, 0) is 32.9 Å². The number of rotatable bonds is 7. The predicted molar refractivity (Wildman–Crippen MR) is 106 cm³/mol. The summed E-state index contributed by atoms with van der Waals surface area (Å²) >= 11 is 6.08. The van der Waals surface area contributed by atoms with Crippen molar-refractivity contribution >= 4 is 23.5 Å². The first-order valence-corrected chi connectivity index (χ1v) is 9.69. The quantitative estimate of drug-likeness (QED) is 0.737. The number of imide groups is 1. The molecule has 0 radical (unpaired) electrons. The fraction of sp³-hybridized carbons (Fsp3) is 0.579. The van der Waals surface area contributed by atoms with Gasteiger partial charge < -0.3 is 10.1 Å². The zero-order chi connectivity index (χ0) is 19.8. The monoisotopic (exact) mass is 396 g/mol. The number of para-hydroxylation sites is 1. The molecule has 1 atom stereocenters. The van der Waals surface area contributed by atoms with Crippen LogP contribution in [0, 0.1) is 0 Å². The van der Waals surface area contributed by atoms with Crippen LogP contribution >= 0.6 is 11.6 Å². The lowest BCUT2D eigenvalue weighted by Crippen LogP contribution is -2.56. The number of halogens is 1. The van der Waals surface area contributed by atoms with Gasteiger partial charge in [-0.2, -0.15) is 0 Å². The van der Waals surface area contributed by atoms with E-state index in [9.17, 15) is 9.59 Å². The first-order chi connectivity index (χ1) is 12.9. The smallest absolute Gasteiger partial charge is 0.321 e. The maximum Gasteiger partial charge on any atom is 0.321 e. The minimum absolute atomic E-state index is 0.00960. The van der Waals surface area contributed by atoms with E-state index in [0.717, 1.165) is 32.7 Å². The molecule has 0 saturated carbocycles. The second-order valence-corrected chi connectivity index (χ2v) is 7.36. The summed E-state index contributed by atoms with van der Waals surface area (Å²) in [6.07, 6.45) is 0. The van der Waals surface area contributed by atoms with Gasteiger partial charge in [0.1, 0.15) is 12.4 Å². The van der Waals surface area contributed by atoms with Crippen molar-refractivity contribution in [3.8, 4) is 5.75 Å². The van der Waals surface area contributed by atoms with Crippen LogP contribution in [0.3, 0.4) is 0 Å². The summed E-state index contributed by atoms with van der Waals surface area (Å²) in [6, 6.07) is 6.64. The minimum atomic E-state index is -0.447. The normalized spacial score (nSPS) is 16.8. The first-order valence-electron chi connectivity index (χ1n) is 9.32. The molecule has 3 amide bonds. The molecule has 0 spiro atoms. The van der Waals surface area contributed by atoms with E-state index in [2.05, 4.69) is 20.4 Å². The van der Waals surface area contributed by atoms with Crippen LogP contribution in [0.4, 0.5) is 4.79 Å². The van der Waals surface area contributed by atoms with Gasteiger partial charge in [-0.15, -0.1) is 0 Å². The molecule has 2 rings (SSSR count). The fourth-order valence-corrected chi connectivity index (χ4v) is 3.09. The molecule has 0 bridgehead atoms. The first kappa shape index (κ1) is 21.5. The van der Waals surface area contributed by atoms with Crippen molar-refractivity contribution in [3.63, 3.8) is 0 Å². The number of hydrogen-bond acceptors (Lipinski definition) is 5. The fourth-order valence-electron chi connectivity index (χ4n) is 2.90. The van der Waals surface area contributed by atoms with Crippen molar-refractivity contribution in [3.05, 3.63) is 29.3 Å². The molecule has 1 fully saturated rings. The molecule has 27 heavy (non-hydrogen) atoms. The molecule has 0 aliphatic carbocycles. The Balaban J connectivity index is 1.69. The second-order valence-electron chi connectivity index (χ2n) is 6.95. The number of piperazine rings is 1. The Morgan fingerprint density at radius 2 is 1.81 bits per heavy atom.